The molecule has 0 bridgehead atoms. The molecule has 2 unspecified atom stereocenters. The lowest BCUT2D eigenvalue weighted by Crippen LogP contribution is -2.39. The smallest absolute Gasteiger partial charge is 0.121 e. The van der Waals surface area contributed by atoms with E-state index in [2.05, 4.69) is 32.2 Å². The van der Waals surface area contributed by atoms with Crippen LogP contribution in [0.2, 0.25) is 0 Å². The first kappa shape index (κ1) is 10.3. The van der Waals surface area contributed by atoms with Gasteiger partial charge in [-0.05, 0) is 37.8 Å². The summed E-state index contributed by atoms with van der Waals surface area (Å²) in [4.78, 5) is 0. The lowest BCUT2D eigenvalue weighted by Gasteiger charge is -2.39. The number of fused-ring (bicyclic) bond motifs is 1. The fraction of sp³-hybridized carbons (Fsp3) is 0.538. The molecule has 0 saturated carbocycles. The molecule has 82 valence electrons. The molecule has 2 N–H and O–H groups in total. The molecule has 1 aromatic rings. The molecule has 2 nitrogen and oxygen atoms in total. The maximum absolute atomic E-state index is 9.83. The second-order valence-corrected chi connectivity index (χ2v) is 4.88. The van der Waals surface area contributed by atoms with Crippen molar-refractivity contribution in [2.45, 2.75) is 45.1 Å². The summed E-state index contributed by atoms with van der Waals surface area (Å²) in [7, 11) is 0. The summed E-state index contributed by atoms with van der Waals surface area (Å²) < 4.78 is 0. The van der Waals surface area contributed by atoms with Crippen LogP contribution in [-0.4, -0.2) is 10.6 Å². The van der Waals surface area contributed by atoms with Crippen LogP contribution < -0.4 is 5.32 Å². The Morgan fingerprint density at radius 1 is 1.53 bits per heavy atom. The van der Waals surface area contributed by atoms with Gasteiger partial charge in [-0.2, -0.15) is 0 Å². The van der Waals surface area contributed by atoms with E-state index in [0.29, 0.717) is 11.7 Å². The van der Waals surface area contributed by atoms with Gasteiger partial charge in [0.25, 0.3) is 0 Å². The van der Waals surface area contributed by atoms with Crippen LogP contribution in [0.15, 0.2) is 18.2 Å². The zero-order chi connectivity index (χ0) is 11.1. The molecular formula is C13H19NO. The summed E-state index contributed by atoms with van der Waals surface area (Å²) in [6.07, 6.45) is 2.18. The molecule has 1 aliphatic heterocycles. The Bertz CT molecular complexity index is 375. The molecule has 0 spiro atoms. The van der Waals surface area contributed by atoms with Gasteiger partial charge in [-0.3, -0.25) is 0 Å². The van der Waals surface area contributed by atoms with Crippen LogP contribution in [-0.2, 0) is 0 Å². The van der Waals surface area contributed by atoms with Crippen LogP contribution in [0.1, 0.15) is 45.1 Å². The Kier molecular flexibility index (Phi) is 2.37. The highest BCUT2D eigenvalue weighted by molar-refractivity contribution is 5.62. The first-order chi connectivity index (χ1) is 7.06. The third kappa shape index (κ3) is 1.69. The second kappa shape index (κ2) is 3.44. The molecule has 1 aliphatic rings. The first-order valence-corrected chi connectivity index (χ1v) is 5.66. The van der Waals surface area contributed by atoms with Crippen LogP contribution >= 0.6 is 0 Å². The van der Waals surface area contributed by atoms with Crippen molar-refractivity contribution in [2.24, 2.45) is 0 Å². The van der Waals surface area contributed by atoms with E-state index in [0.717, 1.165) is 24.1 Å². The minimum Gasteiger partial charge on any atom is -0.508 e. The minimum absolute atomic E-state index is 0.167. The predicted molar refractivity (Wildman–Crippen MR) is 63.5 cm³/mol. The number of phenols is 1. The molecule has 0 aromatic heterocycles. The number of anilines is 1. The highest BCUT2D eigenvalue weighted by Gasteiger charge is 2.32. The molecule has 0 radical (unpaired) electrons. The van der Waals surface area contributed by atoms with Crippen molar-refractivity contribution in [1.29, 1.82) is 0 Å². The van der Waals surface area contributed by atoms with Crippen molar-refractivity contribution in [3.8, 4) is 5.75 Å². The van der Waals surface area contributed by atoms with E-state index in [1.165, 1.54) is 0 Å². The quantitative estimate of drug-likeness (QED) is 0.735. The van der Waals surface area contributed by atoms with Crippen LogP contribution in [0.25, 0.3) is 0 Å². The summed E-state index contributed by atoms with van der Waals surface area (Å²) in [5, 5.41) is 13.4. The third-order valence-electron chi connectivity index (χ3n) is 3.55. The van der Waals surface area contributed by atoms with Gasteiger partial charge >= 0.3 is 0 Å². The van der Waals surface area contributed by atoms with Crippen LogP contribution in [0.3, 0.4) is 0 Å². The average molecular weight is 205 g/mol. The SMILES string of the molecule is CCC1(C)CC(C)c2c(O)cccc2N1. The number of benzene rings is 1. The molecule has 1 heterocycles. The molecule has 0 saturated heterocycles. The molecule has 2 heteroatoms. The molecule has 1 aromatic carbocycles. The largest absolute Gasteiger partial charge is 0.508 e. The van der Waals surface area contributed by atoms with Crippen molar-refractivity contribution >= 4 is 5.69 Å². The van der Waals surface area contributed by atoms with Crippen molar-refractivity contribution in [3.05, 3.63) is 23.8 Å². The van der Waals surface area contributed by atoms with Crippen LogP contribution in [0, 0.1) is 0 Å². The van der Waals surface area contributed by atoms with Crippen molar-refractivity contribution in [1.82, 2.24) is 0 Å². The fourth-order valence-corrected chi connectivity index (χ4v) is 2.57. The first-order valence-electron chi connectivity index (χ1n) is 5.66. The number of phenolic OH excluding ortho intramolecular Hbond substituents is 1. The molecule has 0 aliphatic carbocycles. The molecule has 15 heavy (non-hydrogen) atoms. The monoisotopic (exact) mass is 205 g/mol. The van der Waals surface area contributed by atoms with E-state index in [9.17, 15) is 5.11 Å². The standard InChI is InChI=1S/C13H19NO/c1-4-13(3)8-9(2)12-10(14-13)6-5-7-11(12)15/h5-7,9,14-15H,4,8H2,1-3H3. The van der Waals surface area contributed by atoms with E-state index in [1.807, 2.05) is 6.07 Å². The van der Waals surface area contributed by atoms with E-state index >= 15 is 0 Å². The minimum atomic E-state index is 0.167. The molecular weight excluding hydrogens is 186 g/mol. The van der Waals surface area contributed by atoms with Crippen molar-refractivity contribution in [3.63, 3.8) is 0 Å². The van der Waals surface area contributed by atoms with Crippen molar-refractivity contribution in [2.75, 3.05) is 5.32 Å². The number of hydrogen-bond donors (Lipinski definition) is 2. The molecule has 2 rings (SSSR count). The maximum Gasteiger partial charge on any atom is 0.121 e. The number of aromatic hydroxyl groups is 1. The van der Waals surface area contributed by atoms with Crippen LogP contribution in [0.5, 0.6) is 5.75 Å². The van der Waals surface area contributed by atoms with Crippen LogP contribution in [0.4, 0.5) is 5.69 Å². The van der Waals surface area contributed by atoms with Gasteiger partial charge in [-0.1, -0.05) is 19.9 Å². The topological polar surface area (TPSA) is 32.3 Å². The zero-order valence-corrected chi connectivity index (χ0v) is 9.67. The van der Waals surface area contributed by atoms with Gasteiger partial charge in [0.2, 0.25) is 0 Å². The molecule has 2 atom stereocenters. The van der Waals surface area contributed by atoms with E-state index < -0.39 is 0 Å². The van der Waals surface area contributed by atoms with Gasteiger partial charge in [0.1, 0.15) is 5.75 Å². The Morgan fingerprint density at radius 2 is 2.27 bits per heavy atom. The van der Waals surface area contributed by atoms with E-state index in [4.69, 9.17) is 0 Å². The third-order valence-corrected chi connectivity index (χ3v) is 3.55. The number of rotatable bonds is 1. The Hall–Kier alpha value is -1.18. The van der Waals surface area contributed by atoms with E-state index in [1.54, 1.807) is 6.07 Å². The van der Waals surface area contributed by atoms with Gasteiger partial charge in [0, 0.05) is 16.8 Å². The van der Waals surface area contributed by atoms with Gasteiger partial charge < -0.3 is 10.4 Å². The molecule has 0 fully saturated rings. The predicted octanol–water partition coefficient (Wildman–Crippen LogP) is 3.48. The number of hydrogen-bond acceptors (Lipinski definition) is 2. The number of nitrogens with one attached hydrogen (secondary N) is 1. The van der Waals surface area contributed by atoms with E-state index in [-0.39, 0.29) is 5.54 Å². The highest BCUT2D eigenvalue weighted by atomic mass is 16.3. The van der Waals surface area contributed by atoms with Crippen molar-refractivity contribution < 1.29 is 5.11 Å². The summed E-state index contributed by atoms with van der Waals surface area (Å²) in [5.74, 6) is 0.845. The second-order valence-electron chi connectivity index (χ2n) is 4.88. The average Bonchev–Trinajstić information content (AvgIpc) is 2.17. The normalized spacial score (nSPS) is 29.4. The summed E-state index contributed by atoms with van der Waals surface area (Å²) in [6, 6.07) is 5.72. The molecule has 0 amide bonds. The van der Waals surface area contributed by atoms with Gasteiger partial charge in [-0.25, -0.2) is 0 Å². The van der Waals surface area contributed by atoms with Gasteiger partial charge in [0.05, 0.1) is 0 Å². The summed E-state index contributed by atoms with van der Waals surface area (Å²) in [5.41, 5.74) is 2.33. The Labute approximate surface area is 91.3 Å². The van der Waals surface area contributed by atoms with Gasteiger partial charge in [0.15, 0.2) is 0 Å². The summed E-state index contributed by atoms with van der Waals surface area (Å²) in [6.45, 7) is 6.64. The maximum atomic E-state index is 9.83. The fourth-order valence-electron chi connectivity index (χ4n) is 2.57. The zero-order valence-electron chi connectivity index (χ0n) is 9.67. The summed E-state index contributed by atoms with van der Waals surface area (Å²) >= 11 is 0. The Balaban J connectivity index is 2.45. The lowest BCUT2D eigenvalue weighted by atomic mass is 9.79. The van der Waals surface area contributed by atoms with Gasteiger partial charge in [-0.15, -0.1) is 0 Å². The lowest BCUT2D eigenvalue weighted by molar-refractivity contribution is 0.392. The Morgan fingerprint density at radius 3 is 2.93 bits per heavy atom. The highest BCUT2D eigenvalue weighted by Crippen LogP contribution is 2.43.